The van der Waals surface area contributed by atoms with Crippen LogP contribution in [-0.2, 0) is 0 Å². The maximum absolute atomic E-state index is 5.76. The second-order valence-electron chi connectivity index (χ2n) is 3.92. The van der Waals surface area contributed by atoms with Gasteiger partial charge < -0.3 is 4.74 Å². The van der Waals surface area contributed by atoms with E-state index in [0.717, 1.165) is 24.7 Å². The number of hydrogen-bond acceptors (Lipinski definition) is 4. The van der Waals surface area contributed by atoms with Crippen LogP contribution in [0.3, 0.4) is 0 Å². The fourth-order valence-corrected chi connectivity index (χ4v) is 2.28. The summed E-state index contributed by atoms with van der Waals surface area (Å²) in [5, 5.41) is 2.76. The van der Waals surface area contributed by atoms with Gasteiger partial charge in [-0.3, -0.25) is 4.90 Å². The Balaban J connectivity index is 1.84. The third-order valence-electron chi connectivity index (χ3n) is 2.58. The number of likely N-dealkylation sites (tertiary alicyclic amines) is 1. The number of ether oxygens (including phenoxy) is 1. The van der Waals surface area contributed by atoms with Crippen molar-refractivity contribution in [3.63, 3.8) is 0 Å². The average Bonchev–Trinajstić information content (AvgIpc) is 2.75. The van der Waals surface area contributed by atoms with Crippen molar-refractivity contribution in [3.8, 4) is 5.19 Å². The molecule has 0 saturated carbocycles. The zero-order valence-electron chi connectivity index (χ0n) is 8.64. The van der Waals surface area contributed by atoms with E-state index in [0.29, 0.717) is 12.1 Å². The van der Waals surface area contributed by atoms with Crippen LogP contribution in [0.5, 0.6) is 5.19 Å². The Kier molecular flexibility index (Phi) is 3.03. The second-order valence-corrected chi connectivity index (χ2v) is 4.77. The Bertz CT molecular complexity index is 274. The summed E-state index contributed by atoms with van der Waals surface area (Å²) < 4.78 is 5.76. The zero-order valence-corrected chi connectivity index (χ0v) is 9.46. The van der Waals surface area contributed by atoms with Crippen LogP contribution in [0.1, 0.15) is 20.3 Å². The molecule has 1 atom stereocenters. The van der Waals surface area contributed by atoms with E-state index in [2.05, 4.69) is 23.7 Å². The van der Waals surface area contributed by atoms with E-state index in [1.165, 1.54) is 0 Å². The van der Waals surface area contributed by atoms with Crippen LogP contribution in [0.15, 0.2) is 11.6 Å². The maximum Gasteiger partial charge on any atom is 0.273 e. The summed E-state index contributed by atoms with van der Waals surface area (Å²) >= 11 is 1.57. The van der Waals surface area contributed by atoms with Crippen LogP contribution in [0.4, 0.5) is 0 Å². The van der Waals surface area contributed by atoms with Crippen LogP contribution < -0.4 is 4.74 Å². The van der Waals surface area contributed by atoms with Gasteiger partial charge in [0, 0.05) is 30.7 Å². The van der Waals surface area contributed by atoms with Crippen molar-refractivity contribution in [1.29, 1.82) is 0 Å². The van der Waals surface area contributed by atoms with Crippen LogP contribution >= 0.6 is 11.3 Å². The SMILES string of the molecule is CC(C)N1CCC(Oc2nccs2)C1. The second kappa shape index (κ2) is 4.28. The summed E-state index contributed by atoms with van der Waals surface area (Å²) in [5.74, 6) is 0. The van der Waals surface area contributed by atoms with Crippen LogP contribution in [-0.4, -0.2) is 35.1 Å². The molecule has 2 heterocycles. The first-order chi connectivity index (χ1) is 6.75. The highest BCUT2D eigenvalue weighted by atomic mass is 32.1. The minimum atomic E-state index is 0.337. The van der Waals surface area contributed by atoms with Gasteiger partial charge in [-0.2, -0.15) is 0 Å². The first kappa shape index (κ1) is 9.93. The van der Waals surface area contributed by atoms with E-state index in [-0.39, 0.29) is 0 Å². The van der Waals surface area contributed by atoms with E-state index >= 15 is 0 Å². The highest BCUT2D eigenvalue weighted by molar-refractivity contribution is 7.11. The van der Waals surface area contributed by atoms with E-state index in [1.807, 2.05) is 5.38 Å². The van der Waals surface area contributed by atoms with Gasteiger partial charge in [-0.1, -0.05) is 11.3 Å². The van der Waals surface area contributed by atoms with Crippen LogP contribution in [0.25, 0.3) is 0 Å². The molecule has 1 aliphatic rings. The third-order valence-corrected chi connectivity index (χ3v) is 3.24. The van der Waals surface area contributed by atoms with E-state index in [9.17, 15) is 0 Å². The van der Waals surface area contributed by atoms with Crippen molar-refractivity contribution in [2.75, 3.05) is 13.1 Å². The molecule has 0 aromatic carbocycles. The van der Waals surface area contributed by atoms with Gasteiger partial charge in [0.1, 0.15) is 6.10 Å². The summed E-state index contributed by atoms with van der Waals surface area (Å²) in [5.41, 5.74) is 0. The fourth-order valence-electron chi connectivity index (χ4n) is 1.73. The van der Waals surface area contributed by atoms with Crippen molar-refractivity contribution >= 4 is 11.3 Å². The first-order valence-electron chi connectivity index (χ1n) is 5.06. The molecule has 1 unspecified atom stereocenters. The molecular formula is C10H16N2OS. The van der Waals surface area contributed by atoms with E-state index < -0.39 is 0 Å². The molecular weight excluding hydrogens is 196 g/mol. The lowest BCUT2D eigenvalue weighted by molar-refractivity contribution is 0.186. The van der Waals surface area contributed by atoms with Gasteiger partial charge >= 0.3 is 0 Å². The highest BCUT2D eigenvalue weighted by Crippen LogP contribution is 2.21. The molecule has 3 nitrogen and oxygen atoms in total. The smallest absolute Gasteiger partial charge is 0.273 e. The maximum atomic E-state index is 5.76. The monoisotopic (exact) mass is 212 g/mol. The van der Waals surface area contributed by atoms with Crippen molar-refractivity contribution < 1.29 is 4.74 Å². The number of aromatic nitrogens is 1. The predicted octanol–water partition coefficient (Wildman–Crippen LogP) is 2.00. The molecule has 0 aliphatic carbocycles. The minimum Gasteiger partial charge on any atom is -0.465 e. The highest BCUT2D eigenvalue weighted by Gasteiger charge is 2.25. The average molecular weight is 212 g/mol. The van der Waals surface area contributed by atoms with Crippen LogP contribution in [0.2, 0.25) is 0 Å². The molecule has 1 aliphatic heterocycles. The molecule has 0 radical (unpaired) electrons. The predicted molar refractivity (Wildman–Crippen MR) is 57.9 cm³/mol. The lowest BCUT2D eigenvalue weighted by Gasteiger charge is -2.19. The van der Waals surface area contributed by atoms with Crippen molar-refractivity contribution in [1.82, 2.24) is 9.88 Å². The number of nitrogens with zero attached hydrogens (tertiary/aromatic N) is 2. The van der Waals surface area contributed by atoms with Gasteiger partial charge in [0.15, 0.2) is 0 Å². The number of thiazole rings is 1. The van der Waals surface area contributed by atoms with Gasteiger partial charge in [0.05, 0.1) is 0 Å². The Hall–Kier alpha value is -0.610. The Labute approximate surface area is 88.7 Å². The first-order valence-corrected chi connectivity index (χ1v) is 5.94. The summed E-state index contributed by atoms with van der Waals surface area (Å²) in [6, 6.07) is 0.625. The zero-order chi connectivity index (χ0) is 9.97. The topological polar surface area (TPSA) is 25.4 Å². The standard InChI is InChI=1S/C10H16N2OS/c1-8(2)12-5-3-9(7-12)13-10-11-4-6-14-10/h4,6,8-9H,3,5,7H2,1-2H3. The fraction of sp³-hybridized carbons (Fsp3) is 0.700. The van der Waals surface area contributed by atoms with Gasteiger partial charge in [0.25, 0.3) is 5.19 Å². The molecule has 0 bridgehead atoms. The Morgan fingerprint density at radius 1 is 1.64 bits per heavy atom. The van der Waals surface area contributed by atoms with Gasteiger partial charge in [0.2, 0.25) is 0 Å². The molecule has 0 N–H and O–H groups in total. The summed E-state index contributed by atoms with van der Waals surface area (Å²) in [6.07, 6.45) is 3.25. The summed E-state index contributed by atoms with van der Waals surface area (Å²) in [6.45, 7) is 6.64. The normalized spacial score (nSPS) is 23.2. The van der Waals surface area contributed by atoms with Crippen LogP contribution in [0, 0.1) is 0 Å². The largest absolute Gasteiger partial charge is 0.465 e. The Morgan fingerprint density at radius 2 is 2.50 bits per heavy atom. The molecule has 1 aromatic rings. The lowest BCUT2D eigenvalue weighted by Crippen LogP contribution is -2.30. The molecule has 1 fully saturated rings. The molecule has 4 heteroatoms. The molecule has 1 aromatic heterocycles. The molecule has 0 spiro atoms. The molecule has 14 heavy (non-hydrogen) atoms. The lowest BCUT2D eigenvalue weighted by atomic mass is 10.3. The number of rotatable bonds is 3. The third kappa shape index (κ3) is 2.25. The quantitative estimate of drug-likeness (QED) is 0.766. The summed E-state index contributed by atoms with van der Waals surface area (Å²) in [7, 11) is 0. The van der Waals surface area contributed by atoms with Gasteiger partial charge in [-0.25, -0.2) is 4.98 Å². The number of hydrogen-bond donors (Lipinski definition) is 0. The van der Waals surface area contributed by atoms with Crippen molar-refractivity contribution in [3.05, 3.63) is 11.6 Å². The van der Waals surface area contributed by atoms with Crippen molar-refractivity contribution in [2.45, 2.75) is 32.4 Å². The van der Waals surface area contributed by atoms with Gasteiger partial charge in [-0.15, -0.1) is 0 Å². The minimum absolute atomic E-state index is 0.337. The van der Waals surface area contributed by atoms with E-state index in [4.69, 9.17) is 4.74 Å². The molecule has 2 rings (SSSR count). The summed E-state index contributed by atoms with van der Waals surface area (Å²) in [4.78, 5) is 6.57. The van der Waals surface area contributed by atoms with Gasteiger partial charge in [-0.05, 0) is 20.3 Å². The Morgan fingerprint density at radius 3 is 3.07 bits per heavy atom. The van der Waals surface area contributed by atoms with E-state index in [1.54, 1.807) is 17.5 Å². The molecule has 78 valence electrons. The van der Waals surface area contributed by atoms with Crippen molar-refractivity contribution in [2.24, 2.45) is 0 Å². The molecule has 1 saturated heterocycles. The molecule has 0 amide bonds.